The number of rotatable bonds is 3. The predicted octanol–water partition coefficient (Wildman–Crippen LogP) is 2.37. The van der Waals surface area contributed by atoms with E-state index in [0.29, 0.717) is 5.69 Å². The van der Waals surface area contributed by atoms with Crippen LogP contribution in [0.2, 0.25) is 0 Å². The lowest BCUT2D eigenvalue weighted by Crippen LogP contribution is -2.54. The van der Waals surface area contributed by atoms with E-state index in [4.69, 9.17) is 17.0 Å². The summed E-state index contributed by atoms with van der Waals surface area (Å²) < 4.78 is 18.1. The van der Waals surface area contributed by atoms with Gasteiger partial charge >= 0.3 is 0 Å². The van der Waals surface area contributed by atoms with Crippen molar-refractivity contribution in [3.8, 4) is 11.5 Å². The molecule has 2 aromatic carbocycles. The van der Waals surface area contributed by atoms with Crippen molar-refractivity contribution in [1.82, 2.24) is 5.32 Å². The first-order valence-electron chi connectivity index (χ1n) is 7.45. The second-order valence-electron chi connectivity index (χ2n) is 5.33. The Kier molecular flexibility index (Phi) is 4.68. The van der Waals surface area contributed by atoms with Crippen molar-refractivity contribution in [2.75, 3.05) is 12.0 Å². The Balaban J connectivity index is 2.04. The van der Waals surface area contributed by atoms with Crippen LogP contribution in [0.25, 0.3) is 6.08 Å². The van der Waals surface area contributed by atoms with E-state index in [-0.39, 0.29) is 27.7 Å². The maximum Gasteiger partial charge on any atom is 0.270 e. The fraction of sp³-hybridized carbons (Fsp3) is 0.0556. The van der Waals surface area contributed by atoms with Crippen LogP contribution in [0.1, 0.15) is 5.56 Å². The van der Waals surface area contributed by atoms with Crippen LogP contribution in [-0.2, 0) is 9.59 Å². The Morgan fingerprint density at radius 1 is 1.19 bits per heavy atom. The van der Waals surface area contributed by atoms with Gasteiger partial charge in [-0.25, -0.2) is 4.39 Å². The summed E-state index contributed by atoms with van der Waals surface area (Å²) in [4.78, 5) is 26.1. The Morgan fingerprint density at radius 3 is 2.54 bits per heavy atom. The van der Waals surface area contributed by atoms with Crippen LogP contribution in [0.5, 0.6) is 11.5 Å². The van der Waals surface area contributed by atoms with Crippen molar-refractivity contribution < 1.29 is 23.8 Å². The molecule has 1 saturated heterocycles. The number of hydrogen-bond acceptors (Lipinski definition) is 5. The average molecular weight is 372 g/mol. The van der Waals surface area contributed by atoms with Crippen LogP contribution in [0.15, 0.2) is 48.0 Å². The van der Waals surface area contributed by atoms with E-state index in [1.54, 1.807) is 12.1 Å². The van der Waals surface area contributed by atoms with Gasteiger partial charge < -0.3 is 9.84 Å². The van der Waals surface area contributed by atoms with Gasteiger partial charge in [-0.3, -0.25) is 19.8 Å². The van der Waals surface area contributed by atoms with Crippen LogP contribution in [0.4, 0.5) is 10.1 Å². The van der Waals surface area contributed by atoms with Gasteiger partial charge in [-0.1, -0.05) is 12.1 Å². The SMILES string of the molecule is COc1cccc(C=C2C(=O)NC(=S)N(c3ccc(F)cc3)C2=O)c1O. The molecule has 0 spiro atoms. The van der Waals surface area contributed by atoms with Crippen molar-refractivity contribution >= 4 is 40.9 Å². The van der Waals surface area contributed by atoms with Crippen molar-refractivity contribution in [2.24, 2.45) is 0 Å². The molecule has 0 saturated carbocycles. The molecular weight excluding hydrogens is 359 g/mol. The van der Waals surface area contributed by atoms with Crippen molar-refractivity contribution in [3.05, 3.63) is 59.4 Å². The molecule has 1 heterocycles. The third-order valence-electron chi connectivity index (χ3n) is 3.74. The number of ether oxygens (including phenoxy) is 1. The van der Waals surface area contributed by atoms with Crippen molar-refractivity contribution in [2.45, 2.75) is 0 Å². The van der Waals surface area contributed by atoms with Gasteiger partial charge in [-0.05, 0) is 48.6 Å². The highest BCUT2D eigenvalue weighted by atomic mass is 32.1. The van der Waals surface area contributed by atoms with E-state index in [0.717, 1.165) is 4.90 Å². The first-order valence-corrected chi connectivity index (χ1v) is 7.86. The fourth-order valence-corrected chi connectivity index (χ4v) is 2.74. The number of hydrogen-bond donors (Lipinski definition) is 2. The zero-order chi connectivity index (χ0) is 18.8. The third-order valence-corrected chi connectivity index (χ3v) is 4.02. The molecule has 0 aromatic heterocycles. The molecule has 1 fully saturated rings. The highest BCUT2D eigenvalue weighted by molar-refractivity contribution is 7.80. The lowest BCUT2D eigenvalue weighted by Gasteiger charge is -2.28. The molecule has 1 aliphatic heterocycles. The largest absolute Gasteiger partial charge is 0.504 e. The molecule has 0 radical (unpaired) electrons. The topological polar surface area (TPSA) is 78.9 Å². The maximum atomic E-state index is 13.1. The number of para-hydroxylation sites is 1. The summed E-state index contributed by atoms with van der Waals surface area (Å²) in [6.45, 7) is 0. The molecule has 132 valence electrons. The first kappa shape index (κ1) is 17.6. The summed E-state index contributed by atoms with van der Waals surface area (Å²) in [6, 6.07) is 9.78. The summed E-state index contributed by atoms with van der Waals surface area (Å²) in [5.74, 6) is -1.85. The molecule has 3 rings (SSSR count). The Hall–Kier alpha value is -3.26. The summed E-state index contributed by atoms with van der Waals surface area (Å²) >= 11 is 5.06. The summed E-state index contributed by atoms with van der Waals surface area (Å²) in [6.07, 6.45) is 1.24. The van der Waals surface area contributed by atoms with E-state index < -0.39 is 17.6 Å². The highest BCUT2D eigenvalue weighted by Gasteiger charge is 2.34. The Bertz CT molecular complexity index is 941. The van der Waals surface area contributed by atoms with Crippen LogP contribution in [-0.4, -0.2) is 29.1 Å². The smallest absolute Gasteiger partial charge is 0.270 e. The molecule has 0 aliphatic carbocycles. The van der Waals surface area contributed by atoms with Crippen molar-refractivity contribution in [3.63, 3.8) is 0 Å². The number of thiocarbonyl (C=S) groups is 1. The standard InChI is InChI=1S/C18H13FN2O4S/c1-25-14-4-2-3-10(15(14)22)9-13-16(23)20-18(26)21(17(13)24)12-7-5-11(19)6-8-12/h2-9,22H,1H3,(H,20,23,26). The maximum absolute atomic E-state index is 13.1. The van der Waals surface area contributed by atoms with E-state index in [1.807, 2.05) is 0 Å². The van der Waals surface area contributed by atoms with Gasteiger partial charge in [-0.2, -0.15) is 0 Å². The third kappa shape index (κ3) is 3.14. The number of methoxy groups -OCH3 is 1. The average Bonchev–Trinajstić information content (AvgIpc) is 2.61. The first-order chi connectivity index (χ1) is 12.4. The van der Waals surface area contributed by atoms with E-state index in [2.05, 4.69) is 5.32 Å². The number of carbonyl (C=O) groups is 2. The number of benzene rings is 2. The number of anilines is 1. The van der Waals surface area contributed by atoms with Crippen LogP contribution < -0.4 is 15.0 Å². The van der Waals surface area contributed by atoms with Gasteiger partial charge in [0.1, 0.15) is 11.4 Å². The van der Waals surface area contributed by atoms with Gasteiger partial charge in [0.2, 0.25) is 0 Å². The van der Waals surface area contributed by atoms with Gasteiger partial charge in [0.15, 0.2) is 16.6 Å². The number of halogens is 1. The number of carbonyl (C=O) groups excluding carboxylic acids is 2. The summed E-state index contributed by atoms with van der Waals surface area (Å²) in [5.41, 5.74) is 0.309. The summed E-state index contributed by atoms with van der Waals surface area (Å²) in [7, 11) is 1.39. The Morgan fingerprint density at radius 2 is 1.88 bits per heavy atom. The highest BCUT2D eigenvalue weighted by Crippen LogP contribution is 2.32. The van der Waals surface area contributed by atoms with Gasteiger partial charge in [0.05, 0.1) is 12.8 Å². The molecule has 2 N–H and O–H groups in total. The zero-order valence-electron chi connectivity index (χ0n) is 13.5. The van der Waals surface area contributed by atoms with Crippen LogP contribution in [0.3, 0.4) is 0 Å². The lowest BCUT2D eigenvalue weighted by atomic mass is 10.1. The number of phenolic OH excluding ortho intramolecular Hbond substituents is 1. The quantitative estimate of drug-likeness (QED) is 0.491. The molecule has 0 atom stereocenters. The van der Waals surface area contributed by atoms with Crippen molar-refractivity contribution in [1.29, 1.82) is 0 Å². The van der Waals surface area contributed by atoms with Gasteiger partial charge in [0, 0.05) is 5.56 Å². The van der Waals surface area contributed by atoms with E-state index in [9.17, 15) is 19.1 Å². The van der Waals surface area contributed by atoms with E-state index >= 15 is 0 Å². The molecular formula is C18H13FN2O4S. The number of nitrogens with one attached hydrogen (secondary N) is 1. The normalized spacial score (nSPS) is 16.0. The minimum atomic E-state index is -0.694. The van der Waals surface area contributed by atoms with Gasteiger partial charge in [-0.15, -0.1) is 0 Å². The summed E-state index contributed by atoms with van der Waals surface area (Å²) in [5, 5.41) is 12.5. The van der Waals surface area contributed by atoms with Crippen LogP contribution in [0, 0.1) is 5.82 Å². The molecule has 26 heavy (non-hydrogen) atoms. The molecule has 8 heteroatoms. The number of nitrogens with zero attached hydrogens (tertiary/aromatic N) is 1. The zero-order valence-corrected chi connectivity index (χ0v) is 14.3. The van der Waals surface area contributed by atoms with Crippen LogP contribution >= 0.6 is 12.2 Å². The molecule has 2 amide bonds. The Labute approximate surface area is 153 Å². The second kappa shape index (κ2) is 6.93. The number of phenols is 1. The number of aromatic hydroxyl groups is 1. The molecule has 1 aliphatic rings. The molecule has 2 aromatic rings. The molecule has 0 bridgehead atoms. The predicted molar refractivity (Wildman–Crippen MR) is 97.3 cm³/mol. The monoisotopic (exact) mass is 372 g/mol. The minimum absolute atomic E-state index is 0.112. The lowest BCUT2D eigenvalue weighted by molar-refractivity contribution is -0.122. The number of amides is 2. The fourth-order valence-electron chi connectivity index (χ4n) is 2.46. The van der Waals surface area contributed by atoms with E-state index in [1.165, 1.54) is 43.5 Å². The van der Waals surface area contributed by atoms with Gasteiger partial charge in [0.25, 0.3) is 11.8 Å². The minimum Gasteiger partial charge on any atom is -0.504 e. The second-order valence-corrected chi connectivity index (χ2v) is 5.72. The molecule has 0 unspecified atom stereocenters. The molecule has 6 nitrogen and oxygen atoms in total.